The smallest absolute Gasteiger partial charge is 0.199 e. The van der Waals surface area contributed by atoms with Crippen molar-refractivity contribution in [1.82, 2.24) is 9.97 Å². The van der Waals surface area contributed by atoms with Gasteiger partial charge in [-0.1, -0.05) is 0 Å². The number of hydrogen-bond donors (Lipinski definition) is 6. The third kappa shape index (κ3) is 1.13. The van der Waals surface area contributed by atoms with Crippen molar-refractivity contribution in [2.24, 2.45) is 0 Å². The number of aromatic amines is 2. The largest absolute Gasteiger partial charge is 0.494 e. The molecule has 2 aromatic rings. The van der Waals surface area contributed by atoms with E-state index in [-0.39, 0.29) is 34.6 Å². The molecule has 0 saturated heterocycles. The highest BCUT2D eigenvalue weighted by Crippen LogP contribution is 2.38. The van der Waals surface area contributed by atoms with Gasteiger partial charge >= 0.3 is 0 Å². The maximum absolute atomic E-state index is 9.30. The van der Waals surface area contributed by atoms with Crippen molar-refractivity contribution in [1.29, 1.82) is 0 Å². The average molecular weight is 196 g/mol. The predicted molar refractivity (Wildman–Crippen MR) is 47.2 cm³/mol. The van der Waals surface area contributed by atoms with Crippen molar-refractivity contribution < 1.29 is 20.4 Å². The summed E-state index contributed by atoms with van der Waals surface area (Å²) < 4.78 is 0. The first-order chi connectivity index (χ1) is 6.58. The van der Waals surface area contributed by atoms with Crippen molar-refractivity contribution in [3.8, 4) is 34.6 Å². The molecule has 2 aromatic heterocycles. The van der Waals surface area contributed by atoms with Gasteiger partial charge < -0.3 is 20.4 Å². The molecule has 6 N–H and O–H groups in total. The Morgan fingerprint density at radius 3 is 1.29 bits per heavy atom. The second-order valence-electron chi connectivity index (χ2n) is 2.83. The highest BCUT2D eigenvalue weighted by molar-refractivity contribution is 5.75. The SMILES string of the molecule is Oc1cc(-c2cc(O)[nH]c2O)c(O)[nH]1. The standard InChI is InChI=1S/C8H8N2O4/c11-5-1-3(7(13)9-5)4-2-6(12)10-8(4)14/h1-2,9-14H. The molecule has 2 heterocycles. The zero-order chi connectivity index (χ0) is 10.3. The zero-order valence-electron chi connectivity index (χ0n) is 6.94. The van der Waals surface area contributed by atoms with Gasteiger partial charge in [0, 0.05) is 12.1 Å². The Kier molecular flexibility index (Phi) is 1.57. The van der Waals surface area contributed by atoms with E-state index in [2.05, 4.69) is 9.97 Å². The van der Waals surface area contributed by atoms with Gasteiger partial charge in [0.15, 0.2) is 23.5 Å². The summed E-state index contributed by atoms with van der Waals surface area (Å²) >= 11 is 0. The van der Waals surface area contributed by atoms with Crippen LogP contribution in [-0.2, 0) is 0 Å². The van der Waals surface area contributed by atoms with Crippen LogP contribution in [0.3, 0.4) is 0 Å². The van der Waals surface area contributed by atoms with Crippen LogP contribution in [0.15, 0.2) is 12.1 Å². The Morgan fingerprint density at radius 2 is 1.07 bits per heavy atom. The van der Waals surface area contributed by atoms with E-state index in [1.165, 1.54) is 12.1 Å². The fourth-order valence-electron chi connectivity index (χ4n) is 1.27. The topological polar surface area (TPSA) is 112 Å². The van der Waals surface area contributed by atoms with Crippen molar-refractivity contribution >= 4 is 0 Å². The van der Waals surface area contributed by atoms with Crippen LogP contribution in [0.25, 0.3) is 11.1 Å². The average Bonchev–Trinajstić information content (AvgIpc) is 2.55. The van der Waals surface area contributed by atoms with E-state index >= 15 is 0 Å². The molecule has 6 nitrogen and oxygen atoms in total. The summed E-state index contributed by atoms with van der Waals surface area (Å²) in [5.74, 6) is -1.01. The van der Waals surface area contributed by atoms with E-state index in [0.29, 0.717) is 0 Å². The van der Waals surface area contributed by atoms with Gasteiger partial charge in [-0.25, -0.2) is 0 Å². The Balaban J connectivity index is 2.59. The highest BCUT2D eigenvalue weighted by Gasteiger charge is 2.15. The molecule has 0 aromatic carbocycles. The highest BCUT2D eigenvalue weighted by atomic mass is 16.3. The Morgan fingerprint density at radius 1 is 0.714 bits per heavy atom. The summed E-state index contributed by atoms with van der Waals surface area (Å²) in [6, 6.07) is 2.47. The molecule has 0 bridgehead atoms. The fourth-order valence-corrected chi connectivity index (χ4v) is 1.27. The van der Waals surface area contributed by atoms with E-state index in [0.717, 1.165) is 0 Å². The maximum atomic E-state index is 9.30. The maximum Gasteiger partial charge on any atom is 0.199 e. The normalized spacial score (nSPS) is 10.6. The van der Waals surface area contributed by atoms with E-state index in [4.69, 9.17) is 10.2 Å². The van der Waals surface area contributed by atoms with Gasteiger partial charge in [0.1, 0.15) is 0 Å². The Hall–Kier alpha value is -2.24. The minimum absolute atomic E-state index is 0.205. The van der Waals surface area contributed by atoms with Crippen molar-refractivity contribution in [2.45, 2.75) is 0 Å². The number of rotatable bonds is 1. The number of H-pyrrole nitrogens is 2. The fraction of sp³-hybridized carbons (Fsp3) is 0. The summed E-state index contributed by atoms with van der Waals surface area (Å²) in [4.78, 5) is 4.49. The van der Waals surface area contributed by atoms with E-state index < -0.39 is 0 Å². The van der Waals surface area contributed by atoms with Gasteiger partial charge in [-0.05, 0) is 0 Å². The summed E-state index contributed by atoms with van der Waals surface area (Å²) in [7, 11) is 0. The van der Waals surface area contributed by atoms with E-state index in [1.807, 2.05) is 0 Å². The second-order valence-corrected chi connectivity index (χ2v) is 2.83. The van der Waals surface area contributed by atoms with Crippen LogP contribution in [0.5, 0.6) is 23.5 Å². The van der Waals surface area contributed by atoms with Crippen molar-refractivity contribution in [3.05, 3.63) is 12.1 Å². The molecule has 0 aliphatic rings. The Labute approximate surface area is 78.1 Å². The number of hydrogen-bond acceptors (Lipinski definition) is 4. The van der Waals surface area contributed by atoms with Crippen LogP contribution in [0, 0.1) is 0 Å². The van der Waals surface area contributed by atoms with Crippen LogP contribution in [0.1, 0.15) is 0 Å². The van der Waals surface area contributed by atoms with Crippen LogP contribution < -0.4 is 0 Å². The number of aromatic hydroxyl groups is 4. The third-order valence-corrected chi connectivity index (χ3v) is 1.86. The van der Waals surface area contributed by atoms with Crippen LogP contribution in [0.4, 0.5) is 0 Å². The molecule has 0 atom stereocenters. The first-order valence-corrected chi connectivity index (χ1v) is 3.80. The zero-order valence-corrected chi connectivity index (χ0v) is 6.94. The molecule has 0 aliphatic carbocycles. The molecule has 0 radical (unpaired) electrons. The van der Waals surface area contributed by atoms with Gasteiger partial charge in [-0.15, -0.1) is 0 Å². The van der Waals surface area contributed by atoms with Crippen LogP contribution in [0.2, 0.25) is 0 Å². The molecule has 0 spiro atoms. The number of aromatic nitrogens is 2. The second kappa shape index (κ2) is 2.63. The summed E-state index contributed by atoms with van der Waals surface area (Å²) in [6.45, 7) is 0. The molecule has 0 fully saturated rings. The molecule has 14 heavy (non-hydrogen) atoms. The van der Waals surface area contributed by atoms with Crippen molar-refractivity contribution in [3.63, 3.8) is 0 Å². The molecule has 2 rings (SSSR count). The first-order valence-electron chi connectivity index (χ1n) is 3.80. The monoisotopic (exact) mass is 196 g/mol. The van der Waals surface area contributed by atoms with E-state index in [1.54, 1.807) is 0 Å². The summed E-state index contributed by atoms with van der Waals surface area (Å²) in [5, 5.41) is 36.6. The Bertz CT molecular complexity index is 427. The lowest BCUT2D eigenvalue weighted by atomic mass is 10.2. The summed E-state index contributed by atoms with van der Waals surface area (Å²) in [5.41, 5.74) is 0.410. The quantitative estimate of drug-likeness (QED) is 0.405. The minimum atomic E-state index is -0.281. The number of nitrogens with one attached hydrogen (secondary N) is 2. The lowest BCUT2D eigenvalue weighted by Gasteiger charge is -1.93. The molecule has 0 unspecified atom stereocenters. The lowest BCUT2D eigenvalue weighted by molar-refractivity contribution is 0.422. The molecule has 6 heteroatoms. The van der Waals surface area contributed by atoms with Crippen LogP contribution in [-0.4, -0.2) is 30.4 Å². The first kappa shape index (κ1) is 8.36. The van der Waals surface area contributed by atoms with Gasteiger partial charge in [-0.3, -0.25) is 9.97 Å². The van der Waals surface area contributed by atoms with Gasteiger partial charge in [0.05, 0.1) is 11.1 Å². The third-order valence-electron chi connectivity index (χ3n) is 1.86. The summed E-state index contributed by atoms with van der Waals surface area (Å²) in [6.07, 6.45) is 0. The predicted octanol–water partition coefficient (Wildman–Crippen LogP) is 0.832. The van der Waals surface area contributed by atoms with E-state index in [9.17, 15) is 10.2 Å². The van der Waals surface area contributed by atoms with Crippen molar-refractivity contribution in [2.75, 3.05) is 0 Å². The lowest BCUT2D eigenvalue weighted by Crippen LogP contribution is -1.71. The molecule has 0 saturated carbocycles. The van der Waals surface area contributed by atoms with Crippen LogP contribution >= 0.6 is 0 Å². The molecule has 74 valence electrons. The molecule has 0 aliphatic heterocycles. The van der Waals surface area contributed by atoms with Gasteiger partial charge in [0.25, 0.3) is 0 Å². The molecular formula is C8H8N2O4. The minimum Gasteiger partial charge on any atom is -0.494 e. The molecule has 0 amide bonds. The van der Waals surface area contributed by atoms with Gasteiger partial charge in [-0.2, -0.15) is 0 Å². The molecular weight excluding hydrogens is 188 g/mol. The van der Waals surface area contributed by atoms with Gasteiger partial charge in [0.2, 0.25) is 0 Å².